The van der Waals surface area contributed by atoms with E-state index in [0.29, 0.717) is 34.3 Å². The maximum absolute atomic E-state index is 8.70. The fourth-order valence-electron chi connectivity index (χ4n) is 2.66. The molecule has 134 valence electrons. The fourth-order valence-corrected chi connectivity index (χ4v) is 3.52. The first-order valence-electron chi connectivity index (χ1n) is 7.70. The minimum absolute atomic E-state index is 0.0879. The summed E-state index contributed by atoms with van der Waals surface area (Å²) < 4.78 is 23.6. The summed E-state index contributed by atoms with van der Waals surface area (Å²) >= 11 is 1.58. The van der Waals surface area contributed by atoms with Gasteiger partial charge in [-0.3, -0.25) is 0 Å². The molecule has 7 nitrogen and oxygen atoms in total. The molecule has 3 rings (SSSR count). The molecule has 0 aliphatic rings. The monoisotopic (exact) mass is 371 g/mol. The Morgan fingerprint density at radius 1 is 1.00 bits per heavy atom. The summed E-state index contributed by atoms with van der Waals surface area (Å²) in [5, 5.41) is 6.57. The SMILES string of the molecule is COc1cc(CN=[N+]=[N-])c(Oc2csc3ccccc23)c(OC)c1OC. The molecular weight excluding hydrogens is 354 g/mol. The maximum Gasteiger partial charge on any atom is 0.208 e. The van der Waals surface area contributed by atoms with Gasteiger partial charge in [-0.05, 0) is 23.7 Å². The van der Waals surface area contributed by atoms with Gasteiger partial charge < -0.3 is 18.9 Å². The van der Waals surface area contributed by atoms with Crippen LogP contribution in [0.5, 0.6) is 28.7 Å². The maximum atomic E-state index is 8.70. The van der Waals surface area contributed by atoms with Crippen LogP contribution in [0.2, 0.25) is 0 Å². The molecule has 3 aromatic rings. The number of thiophene rings is 1. The molecule has 8 heteroatoms. The second-order valence-corrected chi connectivity index (χ2v) is 6.13. The highest BCUT2D eigenvalue weighted by atomic mass is 32.1. The third-order valence-electron chi connectivity index (χ3n) is 3.82. The van der Waals surface area contributed by atoms with Crippen molar-refractivity contribution in [2.45, 2.75) is 6.54 Å². The van der Waals surface area contributed by atoms with Crippen molar-refractivity contribution in [3.05, 3.63) is 51.7 Å². The zero-order chi connectivity index (χ0) is 18.5. The molecule has 0 saturated heterocycles. The lowest BCUT2D eigenvalue weighted by Gasteiger charge is -2.19. The van der Waals surface area contributed by atoms with Crippen LogP contribution >= 0.6 is 11.3 Å². The lowest BCUT2D eigenvalue weighted by atomic mass is 10.1. The van der Waals surface area contributed by atoms with Crippen molar-refractivity contribution in [2.24, 2.45) is 5.11 Å². The van der Waals surface area contributed by atoms with Crippen molar-refractivity contribution in [2.75, 3.05) is 21.3 Å². The molecule has 0 amide bonds. The van der Waals surface area contributed by atoms with E-state index in [-0.39, 0.29) is 6.54 Å². The molecule has 0 aliphatic carbocycles. The Bertz CT molecular complexity index is 980. The Balaban J connectivity index is 2.18. The number of rotatable bonds is 7. The van der Waals surface area contributed by atoms with Crippen LogP contribution in [-0.4, -0.2) is 21.3 Å². The average Bonchev–Trinajstić information content (AvgIpc) is 3.09. The first-order chi connectivity index (χ1) is 12.7. The van der Waals surface area contributed by atoms with E-state index in [1.165, 1.54) is 21.3 Å². The van der Waals surface area contributed by atoms with Gasteiger partial charge in [0.25, 0.3) is 0 Å². The van der Waals surface area contributed by atoms with Gasteiger partial charge >= 0.3 is 0 Å². The molecule has 0 fully saturated rings. The summed E-state index contributed by atoms with van der Waals surface area (Å²) in [6, 6.07) is 9.67. The van der Waals surface area contributed by atoms with E-state index in [9.17, 15) is 0 Å². The molecule has 0 saturated carbocycles. The number of nitrogens with zero attached hydrogens (tertiary/aromatic N) is 3. The number of methoxy groups -OCH3 is 3. The summed E-state index contributed by atoms with van der Waals surface area (Å²) in [7, 11) is 4.58. The van der Waals surface area contributed by atoms with Crippen molar-refractivity contribution < 1.29 is 18.9 Å². The van der Waals surface area contributed by atoms with E-state index < -0.39 is 0 Å². The minimum Gasteiger partial charge on any atom is -0.493 e. The summed E-state index contributed by atoms with van der Waals surface area (Å²) in [6.07, 6.45) is 0. The third kappa shape index (κ3) is 3.20. The van der Waals surface area contributed by atoms with Crippen molar-refractivity contribution >= 4 is 21.4 Å². The Morgan fingerprint density at radius 2 is 1.77 bits per heavy atom. The van der Waals surface area contributed by atoms with Crippen LogP contribution in [0.15, 0.2) is 40.8 Å². The standard InChI is InChI=1S/C18H17N3O4S/c1-22-13-8-11(9-20-21-19)16(18(24-3)17(13)23-2)25-14-10-26-15-7-5-4-6-12(14)15/h4-8,10H,9H2,1-3H3. The zero-order valence-corrected chi connectivity index (χ0v) is 15.4. The summed E-state index contributed by atoms with van der Waals surface area (Å²) in [5.41, 5.74) is 9.33. The van der Waals surface area contributed by atoms with Crippen molar-refractivity contribution in [1.82, 2.24) is 0 Å². The van der Waals surface area contributed by atoms with Crippen LogP contribution in [0.25, 0.3) is 20.5 Å². The zero-order valence-electron chi connectivity index (χ0n) is 14.6. The van der Waals surface area contributed by atoms with Gasteiger partial charge in [0.15, 0.2) is 11.5 Å². The molecule has 0 radical (unpaired) electrons. The highest BCUT2D eigenvalue weighted by Crippen LogP contribution is 2.49. The van der Waals surface area contributed by atoms with Crippen LogP contribution in [-0.2, 0) is 6.54 Å². The van der Waals surface area contributed by atoms with Crippen LogP contribution in [0, 0.1) is 0 Å². The predicted octanol–water partition coefficient (Wildman–Crippen LogP) is 5.53. The van der Waals surface area contributed by atoms with E-state index in [1.54, 1.807) is 17.4 Å². The first-order valence-corrected chi connectivity index (χ1v) is 8.58. The number of hydrogen-bond acceptors (Lipinski definition) is 6. The normalized spacial score (nSPS) is 10.3. The number of azide groups is 1. The summed E-state index contributed by atoms with van der Waals surface area (Å²) in [6.45, 7) is 0.0879. The number of ether oxygens (including phenoxy) is 4. The van der Waals surface area contributed by atoms with Gasteiger partial charge in [-0.2, -0.15) is 0 Å². The topological polar surface area (TPSA) is 85.7 Å². The Kier molecular flexibility index (Phi) is 5.36. The minimum atomic E-state index is 0.0879. The Hall–Kier alpha value is -3.09. The number of benzene rings is 2. The van der Waals surface area contributed by atoms with E-state index >= 15 is 0 Å². The number of fused-ring (bicyclic) bond motifs is 1. The molecule has 0 spiro atoms. The van der Waals surface area contributed by atoms with Crippen LogP contribution in [0.4, 0.5) is 0 Å². The molecule has 0 unspecified atom stereocenters. The smallest absolute Gasteiger partial charge is 0.208 e. The summed E-state index contributed by atoms with van der Waals surface area (Å²) in [5.74, 6) is 2.38. The Labute approximate surface area is 154 Å². The lowest BCUT2D eigenvalue weighted by molar-refractivity contribution is 0.312. The van der Waals surface area contributed by atoms with Crippen LogP contribution in [0.1, 0.15) is 5.56 Å². The van der Waals surface area contributed by atoms with E-state index in [1.807, 2.05) is 29.6 Å². The van der Waals surface area contributed by atoms with Gasteiger partial charge in [0.2, 0.25) is 11.5 Å². The predicted molar refractivity (Wildman–Crippen MR) is 101 cm³/mol. The van der Waals surface area contributed by atoms with Gasteiger partial charge in [-0.15, -0.1) is 11.3 Å². The molecule has 2 aromatic carbocycles. The van der Waals surface area contributed by atoms with Gasteiger partial charge in [0, 0.05) is 25.9 Å². The van der Waals surface area contributed by atoms with Gasteiger partial charge in [-0.1, -0.05) is 17.2 Å². The second kappa shape index (κ2) is 7.86. The van der Waals surface area contributed by atoms with Crippen molar-refractivity contribution in [1.29, 1.82) is 0 Å². The third-order valence-corrected chi connectivity index (χ3v) is 4.77. The van der Waals surface area contributed by atoms with E-state index in [0.717, 1.165) is 10.1 Å². The molecule has 0 atom stereocenters. The molecule has 26 heavy (non-hydrogen) atoms. The molecule has 0 N–H and O–H groups in total. The molecule has 0 bridgehead atoms. The highest BCUT2D eigenvalue weighted by Gasteiger charge is 2.23. The largest absolute Gasteiger partial charge is 0.493 e. The van der Waals surface area contributed by atoms with Crippen LogP contribution < -0.4 is 18.9 Å². The van der Waals surface area contributed by atoms with Crippen molar-refractivity contribution in [3.63, 3.8) is 0 Å². The summed E-state index contributed by atoms with van der Waals surface area (Å²) in [4.78, 5) is 2.83. The van der Waals surface area contributed by atoms with Gasteiger partial charge in [0.1, 0.15) is 5.75 Å². The molecule has 0 aliphatic heterocycles. The fraction of sp³-hybridized carbons (Fsp3) is 0.222. The second-order valence-electron chi connectivity index (χ2n) is 5.22. The molecular formula is C18H17N3O4S. The first kappa shape index (κ1) is 17.7. The molecule has 1 heterocycles. The highest BCUT2D eigenvalue weighted by molar-refractivity contribution is 7.17. The van der Waals surface area contributed by atoms with Crippen molar-refractivity contribution in [3.8, 4) is 28.7 Å². The molecule has 1 aromatic heterocycles. The average molecular weight is 371 g/mol. The number of hydrogen-bond donors (Lipinski definition) is 0. The van der Waals surface area contributed by atoms with E-state index in [4.69, 9.17) is 24.5 Å². The lowest BCUT2D eigenvalue weighted by Crippen LogP contribution is -2.01. The Morgan fingerprint density at radius 3 is 2.46 bits per heavy atom. The quantitative estimate of drug-likeness (QED) is 0.310. The van der Waals surface area contributed by atoms with Gasteiger partial charge in [-0.25, -0.2) is 0 Å². The van der Waals surface area contributed by atoms with Gasteiger partial charge in [0.05, 0.1) is 27.9 Å². The van der Waals surface area contributed by atoms with E-state index in [2.05, 4.69) is 10.0 Å². The van der Waals surface area contributed by atoms with Crippen LogP contribution in [0.3, 0.4) is 0 Å².